The predicted molar refractivity (Wildman–Crippen MR) is 108 cm³/mol. The van der Waals surface area contributed by atoms with Gasteiger partial charge < -0.3 is 9.80 Å². The average molecular weight is 416 g/mol. The van der Waals surface area contributed by atoms with Crippen molar-refractivity contribution < 1.29 is 13.2 Å². The number of hydrogen-bond donors (Lipinski definition) is 0. The molecule has 0 bridgehead atoms. The molecule has 5 heterocycles. The normalized spacial score (nSPS) is 22.0. The van der Waals surface area contributed by atoms with E-state index in [0.29, 0.717) is 11.7 Å². The van der Waals surface area contributed by atoms with Crippen LogP contribution in [0.15, 0.2) is 30.5 Å². The summed E-state index contributed by atoms with van der Waals surface area (Å²) in [6, 6.07) is 6.90. The van der Waals surface area contributed by atoms with E-state index >= 15 is 0 Å². The Morgan fingerprint density at radius 1 is 1.03 bits per heavy atom. The highest BCUT2D eigenvalue weighted by atomic mass is 19.4. The summed E-state index contributed by atoms with van der Waals surface area (Å²) in [7, 11) is 0. The predicted octanol–water partition coefficient (Wildman–Crippen LogP) is 3.87. The molecular formula is C21H23F3N6. The number of nitrogens with zero attached hydrogens (tertiary/aromatic N) is 6. The Labute approximate surface area is 172 Å². The van der Waals surface area contributed by atoms with Crippen LogP contribution in [0.2, 0.25) is 0 Å². The maximum absolute atomic E-state index is 12.9. The Kier molecular flexibility index (Phi) is 4.37. The van der Waals surface area contributed by atoms with Gasteiger partial charge in [0.25, 0.3) is 0 Å². The number of fused-ring (bicyclic) bond motifs is 2. The molecule has 2 saturated heterocycles. The Balaban J connectivity index is 1.43. The van der Waals surface area contributed by atoms with Crippen LogP contribution in [0.3, 0.4) is 0 Å². The lowest BCUT2D eigenvalue weighted by atomic mass is 9.92. The maximum Gasteiger partial charge on any atom is 0.417 e. The van der Waals surface area contributed by atoms with Crippen molar-refractivity contribution in [2.75, 3.05) is 29.4 Å². The second-order valence-corrected chi connectivity index (χ2v) is 8.26. The van der Waals surface area contributed by atoms with Crippen LogP contribution in [-0.4, -0.2) is 45.3 Å². The Morgan fingerprint density at radius 3 is 2.57 bits per heavy atom. The third kappa shape index (κ3) is 3.26. The van der Waals surface area contributed by atoms with Crippen LogP contribution in [-0.2, 0) is 6.18 Å². The standard InChI is InChI=1S/C21H23F3N6/c1-13-10-20(30-19(26-13)9-14(2)27-30)29-8-6-15-5-7-28(12-17(15)29)18-4-3-16(11-25-18)21(22,23)24/h3-4,9-11,15,17H,5-8,12H2,1-2H3. The molecule has 0 N–H and O–H groups in total. The molecule has 0 saturated carbocycles. The van der Waals surface area contributed by atoms with Crippen molar-refractivity contribution in [3.63, 3.8) is 0 Å². The van der Waals surface area contributed by atoms with E-state index in [1.165, 1.54) is 6.07 Å². The van der Waals surface area contributed by atoms with Gasteiger partial charge in [-0.3, -0.25) is 0 Å². The Morgan fingerprint density at radius 2 is 1.83 bits per heavy atom. The van der Waals surface area contributed by atoms with Crippen molar-refractivity contribution in [2.45, 2.75) is 38.9 Å². The zero-order chi connectivity index (χ0) is 21.0. The highest BCUT2D eigenvalue weighted by Crippen LogP contribution is 2.37. The van der Waals surface area contributed by atoms with Gasteiger partial charge in [0.2, 0.25) is 0 Å². The molecule has 0 aliphatic carbocycles. The molecule has 0 amide bonds. The first-order valence-corrected chi connectivity index (χ1v) is 10.2. The first kappa shape index (κ1) is 19.1. The molecule has 2 unspecified atom stereocenters. The molecule has 30 heavy (non-hydrogen) atoms. The first-order valence-electron chi connectivity index (χ1n) is 10.2. The number of piperidine rings is 1. The van der Waals surface area contributed by atoms with Crippen molar-refractivity contribution in [1.82, 2.24) is 19.6 Å². The number of anilines is 2. The van der Waals surface area contributed by atoms with Crippen LogP contribution in [0.1, 0.15) is 29.8 Å². The smallest absolute Gasteiger partial charge is 0.355 e. The number of pyridine rings is 1. The van der Waals surface area contributed by atoms with E-state index in [4.69, 9.17) is 0 Å². The minimum absolute atomic E-state index is 0.261. The molecule has 9 heteroatoms. The first-order chi connectivity index (χ1) is 14.3. The van der Waals surface area contributed by atoms with Gasteiger partial charge >= 0.3 is 6.18 Å². The largest absolute Gasteiger partial charge is 0.417 e. The van der Waals surface area contributed by atoms with Gasteiger partial charge in [0.15, 0.2) is 5.65 Å². The van der Waals surface area contributed by atoms with Crippen LogP contribution in [0.25, 0.3) is 5.65 Å². The van der Waals surface area contributed by atoms with Crippen molar-refractivity contribution in [3.05, 3.63) is 47.4 Å². The average Bonchev–Trinajstić information content (AvgIpc) is 3.28. The van der Waals surface area contributed by atoms with Gasteiger partial charge in [-0.25, -0.2) is 9.97 Å². The summed E-state index contributed by atoms with van der Waals surface area (Å²) in [5.74, 6) is 2.18. The molecule has 158 valence electrons. The topological polar surface area (TPSA) is 49.6 Å². The summed E-state index contributed by atoms with van der Waals surface area (Å²) in [4.78, 5) is 13.2. The minimum atomic E-state index is -4.37. The Bertz CT molecular complexity index is 1070. The number of rotatable bonds is 2. The van der Waals surface area contributed by atoms with Crippen molar-refractivity contribution in [3.8, 4) is 0 Å². The van der Waals surface area contributed by atoms with Gasteiger partial charge in [0.1, 0.15) is 11.6 Å². The molecule has 0 aromatic carbocycles. The summed E-state index contributed by atoms with van der Waals surface area (Å²) in [5, 5.41) is 4.63. The third-order valence-corrected chi connectivity index (χ3v) is 6.21. The van der Waals surface area contributed by atoms with Gasteiger partial charge in [0.05, 0.1) is 17.3 Å². The van der Waals surface area contributed by atoms with Gasteiger partial charge in [-0.05, 0) is 44.7 Å². The monoisotopic (exact) mass is 416 g/mol. The summed E-state index contributed by atoms with van der Waals surface area (Å²) >= 11 is 0. The zero-order valence-electron chi connectivity index (χ0n) is 16.9. The van der Waals surface area contributed by atoms with Crippen LogP contribution in [0.4, 0.5) is 24.8 Å². The molecular weight excluding hydrogens is 393 g/mol. The highest BCUT2D eigenvalue weighted by molar-refractivity contribution is 5.54. The van der Waals surface area contributed by atoms with E-state index in [0.717, 1.165) is 67.6 Å². The molecule has 3 aromatic rings. The van der Waals surface area contributed by atoms with E-state index < -0.39 is 11.7 Å². The second-order valence-electron chi connectivity index (χ2n) is 8.26. The van der Waals surface area contributed by atoms with E-state index in [-0.39, 0.29) is 6.04 Å². The molecule has 2 fully saturated rings. The van der Waals surface area contributed by atoms with E-state index in [1.54, 1.807) is 0 Å². The van der Waals surface area contributed by atoms with Crippen molar-refractivity contribution in [1.29, 1.82) is 0 Å². The maximum atomic E-state index is 12.9. The molecule has 0 spiro atoms. The van der Waals surface area contributed by atoms with Gasteiger partial charge in [-0.15, -0.1) is 0 Å². The SMILES string of the molecule is Cc1cc(N2CCC3CCN(c4ccc(C(F)(F)F)cn4)CC32)n2nc(C)cc2n1. The molecule has 2 atom stereocenters. The van der Waals surface area contributed by atoms with Gasteiger partial charge in [-0.1, -0.05) is 0 Å². The fourth-order valence-electron chi connectivity index (χ4n) is 4.77. The molecule has 6 nitrogen and oxygen atoms in total. The number of aryl methyl sites for hydroxylation is 2. The summed E-state index contributed by atoms with van der Waals surface area (Å²) < 4.78 is 40.5. The number of alkyl halides is 3. The Hall–Kier alpha value is -2.84. The lowest BCUT2D eigenvalue weighted by molar-refractivity contribution is -0.137. The molecule has 2 aliphatic rings. The summed E-state index contributed by atoms with van der Waals surface area (Å²) in [5.41, 5.74) is 1.98. The van der Waals surface area contributed by atoms with Gasteiger partial charge in [-0.2, -0.15) is 22.8 Å². The molecule has 0 radical (unpaired) electrons. The lowest BCUT2D eigenvalue weighted by Gasteiger charge is -2.39. The van der Waals surface area contributed by atoms with Gasteiger partial charge in [0, 0.05) is 43.7 Å². The van der Waals surface area contributed by atoms with Crippen LogP contribution >= 0.6 is 0 Å². The fourth-order valence-corrected chi connectivity index (χ4v) is 4.77. The molecule has 3 aromatic heterocycles. The van der Waals surface area contributed by atoms with E-state index in [2.05, 4.69) is 30.9 Å². The van der Waals surface area contributed by atoms with E-state index in [1.807, 2.05) is 24.4 Å². The van der Waals surface area contributed by atoms with Crippen molar-refractivity contribution >= 4 is 17.3 Å². The van der Waals surface area contributed by atoms with Crippen LogP contribution < -0.4 is 9.80 Å². The lowest BCUT2D eigenvalue weighted by Crippen LogP contribution is -2.49. The molecule has 2 aliphatic heterocycles. The third-order valence-electron chi connectivity index (χ3n) is 6.21. The van der Waals surface area contributed by atoms with E-state index in [9.17, 15) is 13.2 Å². The molecule has 5 rings (SSSR count). The number of hydrogen-bond acceptors (Lipinski definition) is 5. The summed E-state index contributed by atoms with van der Waals surface area (Å²) in [6.07, 6.45) is -1.35. The van der Waals surface area contributed by atoms with Crippen LogP contribution in [0.5, 0.6) is 0 Å². The minimum Gasteiger partial charge on any atom is -0.355 e. The highest BCUT2D eigenvalue weighted by Gasteiger charge is 2.40. The summed E-state index contributed by atoms with van der Waals surface area (Å²) in [6.45, 7) is 6.41. The second kappa shape index (κ2) is 6.85. The fraction of sp³-hybridized carbons (Fsp3) is 0.476. The zero-order valence-corrected chi connectivity index (χ0v) is 16.9. The number of halogens is 3. The quantitative estimate of drug-likeness (QED) is 0.635. The number of aromatic nitrogens is 4. The van der Waals surface area contributed by atoms with Crippen molar-refractivity contribution in [2.24, 2.45) is 5.92 Å². The van der Waals surface area contributed by atoms with Crippen LogP contribution in [0, 0.1) is 19.8 Å².